The summed E-state index contributed by atoms with van der Waals surface area (Å²) in [5.74, 6) is -0.271. The van der Waals surface area contributed by atoms with Gasteiger partial charge >= 0.3 is 0 Å². The molecule has 1 amide bonds. The number of carbonyl (C=O) groups is 1. The maximum atomic E-state index is 12.1. The van der Waals surface area contributed by atoms with Crippen LogP contribution in [-0.2, 0) is 0 Å². The Hall–Kier alpha value is -2.25. The summed E-state index contributed by atoms with van der Waals surface area (Å²) < 4.78 is 0. The van der Waals surface area contributed by atoms with Gasteiger partial charge in [0, 0.05) is 4.90 Å². The van der Waals surface area contributed by atoms with Gasteiger partial charge in [-0.25, -0.2) is 0 Å². The van der Waals surface area contributed by atoms with Crippen molar-refractivity contribution in [3.63, 3.8) is 0 Å². The van der Waals surface area contributed by atoms with Gasteiger partial charge in [0.1, 0.15) is 6.07 Å². The van der Waals surface area contributed by atoms with E-state index in [1.165, 1.54) is 0 Å². The van der Waals surface area contributed by atoms with Gasteiger partial charge in [0.05, 0.1) is 16.8 Å². The van der Waals surface area contributed by atoms with E-state index in [9.17, 15) is 4.79 Å². The number of carbonyl (C=O) groups excluding carboxylic acids is 1. The minimum absolute atomic E-state index is 0.271. The normalized spacial score (nSPS) is 9.74. The number of amides is 1. The fourth-order valence-electron chi connectivity index (χ4n) is 1.78. The van der Waals surface area contributed by atoms with Gasteiger partial charge in [-0.1, -0.05) is 24.3 Å². The van der Waals surface area contributed by atoms with Crippen molar-refractivity contribution in [3.05, 3.63) is 59.2 Å². The number of benzene rings is 2. The van der Waals surface area contributed by atoms with Crippen molar-refractivity contribution in [3.8, 4) is 6.07 Å². The highest BCUT2D eigenvalue weighted by Crippen LogP contribution is 2.20. The van der Waals surface area contributed by atoms with Crippen LogP contribution in [0.2, 0.25) is 0 Å². The molecule has 0 unspecified atom stereocenters. The minimum atomic E-state index is -0.271. The van der Waals surface area contributed by atoms with Crippen LogP contribution in [0.3, 0.4) is 0 Å². The molecule has 0 aliphatic rings. The van der Waals surface area contributed by atoms with E-state index >= 15 is 0 Å². The Morgan fingerprint density at radius 3 is 2.63 bits per heavy atom. The molecule has 0 aliphatic heterocycles. The first-order valence-corrected chi connectivity index (χ1v) is 6.17. The average molecular weight is 268 g/mol. The van der Waals surface area contributed by atoms with E-state index in [0.717, 1.165) is 5.56 Å². The van der Waals surface area contributed by atoms with Crippen molar-refractivity contribution >= 4 is 24.2 Å². The molecule has 0 aromatic heterocycles. The number of hydrogen-bond donors (Lipinski definition) is 2. The van der Waals surface area contributed by atoms with Crippen molar-refractivity contribution in [2.75, 3.05) is 5.32 Å². The van der Waals surface area contributed by atoms with Crippen LogP contribution in [0.15, 0.2) is 47.4 Å². The Balaban J connectivity index is 2.33. The first-order valence-electron chi connectivity index (χ1n) is 5.72. The lowest BCUT2D eigenvalue weighted by molar-refractivity contribution is 0.102. The van der Waals surface area contributed by atoms with E-state index in [1.54, 1.807) is 30.3 Å². The molecule has 4 heteroatoms. The van der Waals surface area contributed by atoms with Crippen LogP contribution >= 0.6 is 12.6 Å². The van der Waals surface area contributed by atoms with Crippen LogP contribution in [0.1, 0.15) is 21.5 Å². The molecule has 0 atom stereocenters. The summed E-state index contributed by atoms with van der Waals surface area (Å²) in [7, 11) is 0. The van der Waals surface area contributed by atoms with Gasteiger partial charge in [0.25, 0.3) is 5.91 Å². The molecule has 0 fully saturated rings. The molecule has 0 spiro atoms. The summed E-state index contributed by atoms with van der Waals surface area (Å²) in [6, 6.07) is 14.5. The van der Waals surface area contributed by atoms with E-state index in [1.807, 2.05) is 19.1 Å². The Morgan fingerprint density at radius 1 is 1.21 bits per heavy atom. The van der Waals surface area contributed by atoms with E-state index in [-0.39, 0.29) is 5.91 Å². The lowest BCUT2D eigenvalue weighted by Gasteiger charge is -2.09. The summed E-state index contributed by atoms with van der Waals surface area (Å²) in [5, 5.41) is 11.9. The van der Waals surface area contributed by atoms with E-state index in [0.29, 0.717) is 21.7 Å². The Labute approximate surface area is 117 Å². The molecule has 0 saturated carbocycles. The highest BCUT2D eigenvalue weighted by atomic mass is 32.1. The van der Waals surface area contributed by atoms with Crippen LogP contribution < -0.4 is 5.32 Å². The third-order valence-electron chi connectivity index (χ3n) is 2.78. The summed E-state index contributed by atoms with van der Waals surface area (Å²) in [6.45, 7) is 1.83. The molecule has 19 heavy (non-hydrogen) atoms. The molecular formula is C15H12N2OS. The van der Waals surface area contributed by atoms with Gasteiger partial charge in [0.2, 0.25) is 0 Å². The minimum Gasteiger partial charge on any atom is -0.321 e. The van der Waals surface area contributed by atoms with Gasteiger partial charge in [0.15, 0.2) is 0 Å². The fourth-order valence-corrected chi connectivity index (χ4v) is 2.04. The van der Waals surface area contributed by atoms with E-state index < -0.39 is 0 Å². The highest BCUT2D eigenvalue weighted by molar-refractivity contribution is 7.80. The van der Waals surface area contributed by atoms with Crippen molar-refractivity contribution in [2.24, 2.45) is 0 Å². The third kappa shape index (κ3) is 2.78. The number of nitrogens with zero attached hydrogens (tertiary/aromatic N) is 1. The largest absolute Gasteiger partial charge is 0.321 e. The number of aryl methyl sites for hydroxylation is 1. The molecule has 3 nitrogen and oxygen atoms in total. The van der Waals surface area contributed by atoms with Crippen molar-refractivity contribution in [2.45, 2.75) is 11.8 Å². The number of anilines is 1. The summed E-state index contributed by atoms with van der Waals surface area (Å²) in [5.41, 5.74) is 2.31. The molecule has 0 aliphatic carbocycles. The average Bonchev–Trinajstić information content (AvgIpc) is 2.39. The quantitative estimate of drug-likeness (QED) is 0.820. The smallest absolute Gasteiger partial charge is 0.256 e. The first kappa shape index (κ1) is 13.2. The van der Waals surface area contributed by atoms with Gasteiger partial charge in [-0.3, -0.25) is 4.79 Å². The number of rotatable bonds is 2. The maximum Gasteiger partial charge on any atom is 0.256 e. The number of hydrogen-bond acceptors (Lipinski definition) is 3. The van der Waals surface area contributed by atoms with Crippen LogP contribution in [-0.4, -0.2) is 5.91 Å². The second-order valence-electron chi connectivity index (χ2n) is 4.08. The van der Waals surface area contributed by atoms with Crippen LogP contribution in [0, 0.1) is 18.3 Å². The van der Waals surface area contributed by atoms with Gasteiger partial charge in [-0.15, -0.1) is 12.6 Å². The lowest BCUT2D eigenvalue weighted by atomic mass is 10.1. The zero-order valence-corrected chi connectivity index (χ0v) is 11.2. The van der Waals surface area contributed by atoms with Crippen LogP contribution in [0.4, 0.5) is 5.69 Å². The molecule has 2 aromatic carbocycles. The monoisotopic (exact) mass is 268 g/mol. The molecule has 2 aromatic rings. The highest BCUT2D eigenvalue weighted by Gasteiger charge is 2.12. The van der Waals surface area contributed by atoms with Crippen molar-refractivity contribution in [1.29, 1.82) is 5.26 Å². The molecule has 2 rings (SSSR count). The number of nitriles is 1. The molecule has 1 N–H and O–H groups in total. The summed E-state index contributed by atoms with van der Waals surface area (Å²) in [6.07, 6.45) is 0. The van der Waals surface area contributed by atoms with Crippen LogP contribution in [0.5, 0.6) is 0 Å². The predicted octanol–water partition coefficient (Wildman–Crippen LogP) is 3.41. The first-order chi connectivity index (χ1) is 9.13. The molecule has 94 valence electrons. The molecular weight excluding hydrogens is 256 g/mol. The predicted molar refractivity (Wildman–Crippen MR) is 77.5 cm³/mol. The van der Waals surface area contributed by atoms with Crippen LogP contribution in [0.25, 0.3) is 0 Å². The second kappa shape index (κ2) is 5.59. The van der Waals surface area contributed by atoms with Crippen molar-refractivity contribution in [1.82, 2.24) is 0 Å². The molecule has 0 heterocycles. The Kier molecular flexibility index (Phi) is 3.88. The van der Waals surface area contributed by atoms with E-state index in [2.05, 4.69) is 24.0 Å². The molecule has 0 radical (unpaired) electrons. The van der Waals surface area contributed by atoms with Gasteiger partial charge < -0.3 is 5.32 Å². The van der Waals surface area contributed by atoms with Gasteiger partial charge in [-0.05, 0) is 30.7 Å². The SMILES string of the molecule is Cc1cccc(NC(=O)c2ccccc2S)c1C#N. The van der Waals surface area contributed by atoms with Gasteiger partial charge in [-0.2, -0.15) is 5.26 Å². The number of thiol groups is 1. The third-order valence-corrected chi connectivity index (χ3v) is 3.17. The Bertz CT molecular complexity index is 674. The summed E-state index contributed by atoms with van der Waals surface area (Å²) >= 11 is 4.25. The topological polar surface area (TPSA) is 52.9 Å². The molecule has 0 saturated heterocycles. The molecule has 0 bridgehead atoms. The maximum absolute atomic E-state index is 12.1. The number of nitrogens with one attached hydrogen (secondary N) is 1. The fraction of sp³-hybridized carbons (Fsp3) is 0.0667. The zero-order valence-electron chi connectivity index (χ0n) is 10.3. The zero-order chi connectivity index (χ0) is 13.8. The summed E-state index contributed by atoms with van der Waals surface area (Å²) in [4.78, 5) is 12.7. The standard InChI is InChI=1S/C15H12N2OS/c1-10-5-4-7-13(12(10)9-16)17-15(18)11-6-2-3-8-14(11)19/h2-8,19H,1H3,(H,17,18). The van der Waals surface area contributed by atoms with E-state index in [4.69, 9.17) is 5.26 Å². The second-order valence-corrected chi connectivity index (χ2v) is 4.56. The Morgan fingerprint density at radius 2 is 1.95 bits per heavy atom. The lowest BCUT2D eigenvalue weighted by Crippen LogP contribution is -2.13. The van der Waals surface area contributed by atoms with Crippen molar-refractivity contribution < 1.29 is 4.79 Å².